The van der Waals surface area contributed by atoms with Gasteiger partial charge in [0.05, 0.1) is 0 Å². The van der Waals surface area contributed by atoms with Crippen LogP contribution in [0.25, 0.3) is 0 Å². The van der Waals surface area contributed by atoms with Crippen molar-refractivity contribution in [3.05, 3.63) is 0 Å². The molecule has 15 heavy (non-hydrogen) atoms. The number of amides is 2. The molecular formula is C11H18N2O2. The molecule has 0 aromatic heterocycles. The Morgan fingerprint density at radius 2 is 1.73 bits per heavy atom. The smallest absolute Gasteiger partial charge is 0.248 e. The predicted molar refractivity (Wildman–Crippen MR) is 56.2 cm³/mol. The molecule has 2 fully saturated rings. The van der Waals surface area contributed by atoms with E-state index in [1.54, 1.807) is 25.8 Å². The summed E-state index contributed by atoms with van der Waals surface area (Å²) in [7, 11) is 1.72. The van der Waals surface area contributed by atoms with Crippen LogP contribution < -0.4 is 5.32 Å². The summed E-state index contributed by atoms with van der Waals surface area (Å²) in [5.41, 5.74) is -1.30. The topological polar surface area (TPSA) is 49.4 Å². The maximum atomic E-state index is 12.2. The van der Waals surface area contributed by atoms with Gasteiger partial charge in [0.15, 0.2) is 0 Å². The first-order valence-corrected chi connectivity index (χ1v) is 5.51. The van der Waals surface area contributed by atoms with Gasteiger partial charge < -0.3 is 10.2 Å². The molecule has 1 saturated carbocycles. The van der Waals surface area contributed by atoms with Gasteiger partial charge in [0.25, 0.3) is 0 Å². The Morgan fingerprint density at radius 1 is 1.20 bits per heavy atom. The maximum absolute atomic E-state index is 12.2. The molecule has 0 radical (unpaired) electrons. The van der Waals surface area contributed by atoms with Crippen molar-refractivity contribution >= 4 is 11.8 Å². The van der Waals surface area contributed by atoms with Gasteiger partial charge in [-0.15, -0.1) is 0 Å². The van der Waals surface area contributed by atoms with Crippen molar-refractivity contribution in [3.63, 3.8) is 0 Å². The van der Waals surface area contributed by atoms with Gasteiger partial charge in [0.1, 0.15) is 11.1 Å². The van der Waals surface area contributed by atoms with E-state index < -0.39 is 11.1 Å². The molecule has 2 aliphatic rings. The molecule has 0 aromatic rings. The van der Waals surface area contributed by atoms with Gasteiger partial charge in [0, 0.05) is 7.05 Å². The second-order valence-corrected chi connectivity index (χ2v) is 5.17. The summed E-state index contributed by atoms with van der Waals surface area (Å²) in [5, 5.41) is 2.93. The normalized spacial score (nSPS) is 28.3. The van der Waals surface area contributed by atoms with Crippen LogP contribution in [0.4, 0.5) is 0 Å². The second-order valence-electron chi connectivity index (χ2n) is 5.17. The van der Waals surface area contributed by atoms with E-state index in [2.05, 4.69) is 5.32 Å². The molecule has 1 aliphatic carbocycles. The first-order valence-electron chi connectivity index (χ1n) is 5.51. The Hall–Kier alpha value is -1.06. The molecule has 1 heterocycles. The fourth-order valence-corrected chi connectivity index (χ4v) is 2.47. The summed E-state index contributed by atoms with van der Waals surface area (Å²) in [4.78, 5) is 25.7. The highest BCUT2D eigenvalue weighted by atomic mass is 16.2. The molecule has 0 aromatic carbocycles. The van der Waals surface area contributed by atoms with Crippen molar-refractivity contribution in [1.82, 2.24) is 10.2 Å². The third-order valence-electron chi connectivity index (χ3n) is 3.92. The van der Waals surface area contributed by atoms with E-state index in [0.717, 1.165) is 25.7 Å². The van der Waals surface area contributed by atoms with Crippen LogP contribution in [0.15, 0.2) is 0 Å². The third kappa shape index (κ3) is 1.27. The molecule has 1 saturated heterocycles. The van der Waals surface area contributed by atoms with E-state index in [0.29, 0.717) is 0 Å². The van der Waals surface area contributed by atoms with Crippen LogP contribution >= 0.6 is 0 Å². The van der Waals surface area contributed by atoms with Crippen molar-refractivity contribution in [2.24, 2.45) is 0 Å². The van der Waals surface area contributed by atoms with Crippen LogP contribution in [0, 0.1) is 0 Å². The predicted octanol–water partition coefficient (Wildman–Crippen LogP) is 0.666. The fourth-order valence-electron chi connectivity index (χ4n) is 2.47. The van der Waals surface area contributed by atoms with E-state index >= 15 is 0 Å². The number of piperazine rings is 1. The summed E-state index contributed by atoms with van der Waals surface area (Å²) < 4.78 is 0. The van der Waals surface area contributed by atoms with Crippen LogP contribution in [0.3, 0.4) is 0 Å². The van der Waals surface area contributed by atoms with Crippen LogP contribution in [0.5, 0.6) is 0 Å². The van der Waals surface area contributed by atoms with E-state index in [9.17, 15) is 9.59 Å². The van der Waals surface area contributed by atoms with Crippen LogP contribution in [0.2, 0.25) is 0 Å². The molecule has 2 rings (SSSR count). The third-order valence-corrected chi connectivity index (χ3v) is 3.92. The number of hydrogen-bond donors (Lipinski definition) is 1. The van der Waals surface area contributed by atoms with Gasteiger partial charge in [-0.25, -0.2) is 0 Å². The molecule has 1 N–H and O–H groups in total. The van der Waals surface area contributed by atoms with Gasteiger partial charge in [-0.1, -0.05) is 12.8 Å². The van der Waals surface area contributed by atoms with Gasteiger partial charge in [0.2, 0.25) is 11.8 Å². The molecule has 1 aliphatic heterocycles. The van der Waals surface area contributed by atoms with Crippen molar-refractivity contribution in [3.8, 4) is 0 Å². The van der Waals surface area contributed by atoms with Gasteiger partial charge in [-0.05, 0) is 26.7 Å². The van der Waals surface area contributed by atoms with Crippen LogP contribution in [0.1, 0.15) is 39.5 Å². The molecule has 84 valence electrons. The lowest BCUT2D eigenvalue weighted by molar-refractivity contribution is -0.158. The first kappa shape index (κ1) is 10.5. The van der Waals surface area contributed by atoms with E-state index in [1.165, 1.54) is 0 Å². The van der Waals surface area contributed by atoms with E-state index in [4.69, 9.17) is 0 Å². The largest absolute Gasteiger partial charge is 0.340 e. The lowest BCUT2D eigenvalue weighted by Crippen LogP contribution is -2.72. The number of likely N-dealkylation sites (N-methyl/N-ethyl adjacent to an activating group) is 1. The van der Waals surface area contributed by atoms with Gasteiger partial charge in [-0.3, -0.25) is 9.59 Å². The van der Waals surface area contributed by atoms with Crippen molar-refractivity contribution in [2.75, 3.05) is 7.05 Å². The Bertz CT molecular complexity index is 317. The highest BCUT2D eigenvalue weighted by Crippen LogP contribution is 2.36. The molecule has 0 unspecified atom stereocenters. The Labute approximate surface area is 90.0 Å². The first-order chi connectivity index (χ1) is 6.90. The molecule has 4 heteroatoms. The number of carbonyl (C=O) groups is 2. The molecule has 4 nitrogen and oxygen atoms in total. The Kier molecular flexibility index (Phi) is 2.07. The van der Waals surface area contributed by atoms with Gasteiger partial charge in [-0.2, -0.15) is 0 Å². The minimum atomic E-state index is -0.717. The summed E-state index contributed by atoms with van der Waals surface area (Å²) in [5.74, 6) is 0.0381. The zero-order valence-electron chi connectivity index (χ0n) is 9.59. The minimum absolute atomic E-state index is 0.0356. The van der Waals surface area contributed by atoms with Crippen LogP contribution in [-0.4, -0.2) is 34.8 Å². The number of nitrogens with one attached hydrogen (secondary N) is 1. The SMILES string of the molecule is CN1C(=O)C2(CCCC2)NC(=O)C1(C)C. The fraction of sp³-hybridized carbons (Fsp3) is 0.818. The molecule has 0 bridgehead atoms. The monoisotopic (exact) mass is 210 g/mol. The summed E-state index contributed by atoms with van der Waals surface area (Å²) in [6.45, 7) is 3.56. The van der Waals surface area contributed by atoms with Crippen molar-refractivity contribution in [1.29, 1.82) is 0 Å². The zero-order chi connectivity index (χ0) is 11.3. The zero-order valence-corrected chi connectivity index (χ0v) is 9.59. The van der Waals surface area contributed by atoms with Crippen molar-refractivity contribution < 1.29 is 9.59 Å². The summed E-state index contributed by atoms with van der Waals surface area (Å²) >= 11 is 0. The molecule has 1 spiro atoms. The van der Waals surface area contributed by atoms with Gasteiger partial charge >= 0.3 is 0 Å². The Balaban J connectivity index is 2.34. The Morgan fingerprint density at radius 3 is 2.27 bits per heavy atom. The number of rotatable bonds is 0. The number of nitrogens with zero attached hydrogens (tertiary/aromatic N) is 1. The molecular weight excluding hydrogens is 192 g/mol. The number of carbonyl (C=O) groups excluding carboxylic acids is 2. The van der Waals surface area contributed by atoms with Crippen LogP contribution in [-0.2, 0) is 9.59 Å². The quantitative estimate of drug-likeness (QED) is 0.638. The number of hydrogen-bond acceptors (Lipinski definition) is 2. The minimum Gasteiger partial charge on any atom is -0.340 e. The maximum Gasteiger partial charge on any atom is 0.248 e. The van der Waals surface area contributed by atoms with Crippen molar-refractivity contribution in [2.45, 2.75) is 50.6 Å². The lowest BCUT2D eigenvalue weighted by Gasteiger charge is -2.47. The molecule has 0 atom stereocenters. The second kappa shape index (κ2) is 2.97. The average molecular weight is 210 g/mol. The highest BCUT2D eigenvalue weighted by molar-refractivity contribution is 6.01. The lowest BCUT2D eigenvalue weighted by atomic mass is 9.86. The average Bonchev–Trinajstić information content (AvgIpc) is 2.63. The van der Waals surface area contributed by atoms with E-state index in [1.807, 2.05) is 0 Å². The molecule has 2 amide bonds. The summed E-state index contributed by atoms with van der Waals surface area (Å²) in [6, 6.07) is 0. The standard InChI is InChI=1S/C11H18N2O2/c1-10(2)8(14)12-11(6-4-5-7-11)9(15)13(10)3/h4-7H2,1-3H3,(H,12,14). The van der Waals surface area contributed by atoms with E-state index in [-0.39, 0.29) is 11.8 Å². The summed E-state index contributed by atoms with van der Waals surface area (Å²) in [6.07, 6.45) is 3.64. The highest BCUT2D eigenvalue weighted by Gasteiger charge is 2.53.